The lowest BCUT2D eigenvalue weighted by Crippen LogP contribution is -2.34. The van der Waals surface area contributed by atoms with E-state index in [9.17, 15) is 9.59 Å². The number of carbonyl (C=O) groups excluding carboxylic acids is 2. The maximum Gasteiger partial charge on any atom is 0.262 e. The van der Waals surface area contributed by atoms with Crippen molar-refractivity contribution in [2.24, 2.45) is 11.8 Å². The third kappa shape index (κ3) is 3.89. The summed E-state index contributed by atoms with van der Waals surface area (Å²) in [6.45, 7) is 4.57. The summed E-state index contributed by atoms with van der Waals surface area (Å²) in [6, 6.07) is 5.41. The quantitative estimate of drug-likeness (QED) is 0.835. The van der Waals surface area contributed by atoms with Gasteiger partial charge in [-0.05, 0) is 49.3 Å². The Hall–Kier alpha value is -2.04. The van der Waals surface area contributed by atoms with Crippen molar-refractivity contribution in [2.75, 3.05) is 11.9 Å². The molecule has 3 rings (SSSR count). The highest BCUT2D eigenvalue weighted by atomic mass is 16.5. The molecule has 1 aromatic carbocycles. The number of rotatable bonds is 3. The molecule has 2 aliphatic rings. The second-order valence-corrected chi connectivity index (χ2v) is 7.23. The van der Waals surface area contributed by atoms with Crippen molar-refractivity contribution in [2.45, 2.75) is 52.0 Å². The Balaban J connectivity index is 1.62. The zero-order valence-corrected chi connectivity index (χ0v) is 14.4. The molecule has 1 aromatic rings. The van der Waals surface area contributed by atoms with E-state index < -0.39 is 0 Å². The summed E-state index contributed by atoms with van der Waals surface area (Å²) in [7, 11) is 0. The molecule has 0 bridgehead atoms. The van der Waals surface area contributed by atoms with Crippen molar-refractivity contribution in [1.82, 2.24) is 5.32 Å². The fraction of sp³-hybridized carbons (Fsp3) is 0.579. The van der Waals surface area contributed by atoms with Crippen LogP contribution in [0, 0.1) is 11.8 Å². The van der Waals surface area contributed by atoms with Crippen molar-refractivity contribution >= 4 is 17.5 Å². The summed E-state index contributed by atoms with van der Waals surface area (Å²) >= 11 is 0. The summed E-state index contributed by atoms with van der Waals surface area (Å²) in [6.07, 6.45) is 5.71. The molecule has 130 valence electrons. The van der Waals surface area contributed by atoms with Crippen molar-refractivity contribution in [1.29, 1.82) is 0 Å². The van der Waals surface area contributed by atoms with Crippen LogP contribution >= 0.6 is 0 Å². The number of ether oxygens (including phenoxy) is 1. The zero-order chi connectivity index (χ0) is 17.1. The predicted molar refractivity (Wildman–Crippen MR) is 93.2 cm³/mol. The Kier molecular flexibility index (Phi) is 5.07. The summed E-state index contributed by atoms with van der Waals surface area (Å²) in [5.74, 6) is 1.81. The molecule has 5 heteroatoms. The van der Waals surface area contributed by atoms with Crippen LogP contribution in [0.3, 0.4) is 0 Å². The van der Waals surface area contributed by atoms with E-state index in [4.69, 9.17) is 4.74 Å². The lowest BCUT2D eigenvalue weighted by atomic mass is 9.89. The number of amides is 2. The molecule has 0 aromatic heterocycles. The van der Waals surface area contributed by atoms with Gasteiger partial charge in [-0.3, -0.25) is 9.59 Å². The van der Waals surface area contributed by atoms with Crippen LogP contribution < -0.4 is 15.4 Å². The minimum atomic E-state index is -0.169. The van der Waals surface area contributed by atoms with E-state index in [-0.39, 0.29) is 24.5 Å². The van der Waals surface area contributed by atoms with Crippen LogP contribution in [-0.2, 0) is 4.79 Å². The van der Waals surface area contributed by atoms with Gasteiger partial charge in [0.25, 0.3) is 11.8 Å². The molecule has 0 spiro atoms. The van der Waals surface area contributed by atoms with E-state index in [1.807, 2.05) is 0 Å². The van der Waals surface area contributed by atoms with Crippen LogP contribution in [0.2, 0.25) is 0 Å². The van der Waals surface area contributed by atoms with Crippen LogP contribution in [0.25, 0.3) is 0 Å². The molecule has 0 unspecified atom stereocenters. The van der Waals surface area contributed by atoms with Crippen molar-refractivity contribution in [3.63, 3.8) is 0 Å². The number of carbonyl (C=O) groups is 2. The van der Waals surface area contributed by atoms with Crippen molar-refractivity contribution < 1.29 is 14.3 Å². The van der Waals surface area contributed by atoms with Crippen LogP contribution in [-0.4, -0.2) is 24.5 Å². The number of hydrogen-bond donors (Lipinski definition) is 2. The van der Waals surface area contributed by atoms with E-state index in [1.54, 1.807) is 18.2 Å². The maximum atomic E-state index is 12.5. The fourth-order valence-electron chi connectivity index (χ4n) is 3.63. The normalized spacial score (nSPS) is 23.7. The number of anilines is 1. The second-order valence-electron chi connectivity index (χ2n) is 7.23. The van der Waals surface area contributed by atoms with Gasteiger partial charge in [-0.15, -0.1) is 0 Å². The smallest absolute Gasteiger partial charge is 0.262 e. The highest BCUT2D eigenvalue weighted by Gasteiger charge is 2.23. The molecule has 1 saturated carbocycles. The Morgan fingerprint density at radius 2 is 2.08 bits per heavy atom. The molecule has 5 nitrogen and oxygen atoms in total. The second kappa shape index (κ2) is 7.24. The molecule has 2 amide bonds. The third-order valence-electron chi connectivity index (χ3n) is 5.17. The molecule has 1 heterocycles. The van der Waals surface area contributed by atoms with Gasteiger partial charge in [0.2, 0.25) is 0 Å². The van der Waals surface area contributed by atoms with E-state index in [0.29, 0.717) is 22.9 Å². The molecule has 2 N–H and O–H groups in total. The largest absolute Gasteiger partial charge is 0.482 e. The highest BCUT2D eigenvalue weighted by Crippen LogP contribution is 2.30. The summed E-state index contributed by atoms with van der Waals surface area (Å²) in [4.78, 5) is 23.8. The summed E-state index contributed by atoms with van der Waals surface area (Å²) in [5, 5.41) is 5.90. The molecule has 1 fully saturated rings. The Labute approximate surface area is 143 Å². The van der Waals surface area contributed by atoms with Gasteiger partial charge in [0.1, 0.15) is 5.75 Å². The molecule has 1 aliphatic carbocycles. The first kappa shape index (κ1) is 16.8. The van der Waals surface area contributed by atoms with Crippen LogP contribution in [0.5, 0.6) is 5.75 Å². The van der Waals surface area contributed by atoms with Crippen LogP contribution in [0.1, 0.15) is 56.3 Å². The lowest BCUT2D eigenvalue weighted by molar-refractivity contribution is -0.118. The first-order valence-corrected chi connectivity index (χ1v) is 8.90. The van der Waals surface area contributed by atoms with E-state index in [1.165, 1.54) is 19.3 Å². The Morgan fingerprint density at radius 1 is 1.25 bits per heavy atom. The molecular formula is C19H26N2O3. The molecule has 24 heavy (non-hydrogen) atoms. The van der Waals surface area contributed by atoms with Gasteiger partial charge in [0.05, 0.1) is 5.69 Å². The van der Waals surface area contributed by atoms with Crippen LogP contribution in [0.15, 0.2) is 18.2 Å². The number of hydrogen-bond acceptors (Lipinski definition) is 3. The summed E-state index contributed by atoms with van der Waals surface area (Å²) in [5.41, 5.74) is 1.20. The van der Waals surface area contributed by atoms with Gasteiger partial charge in [0.15, 0.2) is 6.61 Å². The van der Waals surface area contributed by atoms with Gasteiger partial charge in [0, 0.05) is 11.6 Å². The van der Waals surface area contributed by atoms with Gasteiger partial charge in [-0.1, -0.05) is 26.7 Å². The Bertz CT molecular complexity index is 627. The van der Waals surface area contributed by atoms with Gasteiger partial charge < -0.3 is 15.4 Å². The third-order valence-corrected chi connectivity index (χ3v) is 5.17. The zero-order valence-electron chi connectivity index (χ0n) is 14.4. The number of benzene rings is 1. The van der Waals surface area contributed by atoms with Crippen molar-refractivity contribution in [3.05, 3.63) is 23.8 Å². The average Bonchev–Trinajstić information content (AvgIpc) is 2.80. The fourth-order valence-corrected chi connectivity index (χ4v) is 3.63. The van der Waals surface area contributed by atoms with Crippen molar-refractivity contribution in [3.8, 4) is 5.75 Å². The average molecular weight is 330 g/mol. The highest BCUT2D eigenvalue weighted by molar-refractivity contribution is 5.99. The van der Waals surface area contributed by atoms with Gasteiger partial charge >= 0.3 is 0 Å². The summed E-state index contributed by atoms with van der Waals surface area (Å²) < 4.78 is 5.38. The minimum Gasteiger partial charge on any atom is -0.482 e. The minimum absolute atomic E-state index is 0.00269. The number of nitrogens with one attached hydrogen (secondary N) is 2. The Morgan fingerprint density at radius 3 is 2.88 bits per heavy atom. The lowest BCUT2D eigenvalue weighted by Gasteiger charge is -2.20. The SMILES string of the molecule is CC(C)[C@H]1CCC[C@H](NC(=O)c2ccc3c(c2)OCC(=O)N3)CC1. The first-order chi connectivity index (χ1) is 11.5. The molecular weight excluding hydrogens is 304 g/mol. The topological polar surface area (TPSA) is 67.4 Å². The number of fused-ring (bicyclic) bond motifs is 1. The molecule has 0 radical (unpaired) electrons. The van der Waals surface area contributed by atoms with Gasteiger partial charge in [-0.2, -0.15) is 0 Å². The van der Waals surface area contributed by atoms with E-state index in [2.05, 4.69) is 24.5 Å². The predicted octanol–water partition coefficient (Wildman–Crippen LogP) is 3.35. The van der Waals surface area contributed by atoms with Gasteiger partial charge in [-0.25, -0.2) is 0 Å². The molecule has 0 saturated heterocycles. The van der Waals surface area contributed by atoms with E-state index >= 15 is 0 Å². The first-order valence-electron chi connectivity index (χ1n) is 8.90. The monoisotopic (exact) mass is 330 g/mol. The molecule has 2 atom stereocenters. The molecule has 1 aliphatic heterocycles. The van der Waals surface area contributed by atoms with E-state index in [0.717, 1.165) is 18.8 Å². The van der Waals surface area contributed by atoms with Crippen LogP contribution in [0.4, 0.5) is 5.69 Å². The standard InChI is InChI=1S/C19H26N2O3/c1-12(2)13-4-3-5-15(8-6-13)20-19(23)14-7-9-16-17(10-14)24-11-18(22)21-16/h7,9-10,12-13,15H,3-6,8,11H2,1-2H3,(H,20,23)(H,21,22)/t13-,15-/m0/s1. The maximum absolute atomic E-state index is 12.5.